The van der Waals surface area contributed by atoms with E-state index in [1.54, 1.807) is 6.07 Å². The number of ketones is 1. The molecular formula is C28H31ClNO4+. The van der Waals surface area contributed by atoms with Crippen molar-refractivity contribution in [1.82, 2.24) is 0 Å². The van der Waals surface area contributed by atoms with Gasteiger partial charge < -0.3 is 19.1 Å². The molecule has 178 valence electrons. The van der Waals surface area contributed by atoms with Crippen molar-refractivity contribution in [3.05, 3.63) is 52.0 Å². The van der Waals surface area contributed by atoms with Crippen LogP contribution in [0.1, 0.15) is 48.8 Å². The summed E-state index contributed by atoms with van der Waals surface area (Å²) in [6.07, 6.45) is 5.61. The van der Waals surface area contributed by atoms with E-state index in [2.05, 4.69) is 7.05 Å². The normalized spacial score (nSPS) is 35.0. The zero-order chi connectivity index (χ0) is 23.2. The fraction of sp³-hybridized carbons (Fsp3) is 0.536. The summed E-state index contributed by atoms with van der Waals surface area (Å²) in [5, 5.41) is 11.7. The molecule has 3 fully saturated rings. The largest absolute Gasteiger partial charge is 0.504 e. The van der Waals surface area contributed by atoms with Crippen molar-refractivity contribution in [2.24, 2.45) is 11.8 Å². The summed E-state index contributed by atoms with van der Waals surface area (Å²) in [4.78, 5) is 13.1. The third-order valence-electron chi connectivity index (χ3n) is 9.55. The molecule has 2 aliphatic heterocycles. The van der Waals surface area contributed by atoms with Crippen LogP contribution in [-0.2, 0) is 23.2 Å². The standard InChI is InChI=1S/C28H30ClNO4/c1-30(14-16-2-3-16)11-10-28-20-8-9-22(31)27(28)34-26-23(32)13-24(19(25(26)28)12-21(20)30)33-15-17-4-6-18(29)7-5-17/h4-7,13,16,20-21,27H,2-3,8-12,14-15H2,1H3/p+1/t20-,21+,27-,28-,30+/m0/s1. The first kappa shape index (κ1) is 21.1. The van der Waals surface area contributed by atoms with Crippen LogP contribution in [0.25, 0.3) is 0 Å². The van der Waals surface area contributed by atoms with Gasteiger partial charge in [-0.2, -0.15) is 0 Å². The van der Waals surface area contributed by atoms with E-state index in [0.717, 1.165) is 58.6 Å². The fourth-order valence-electron chi connectivity index (χ4n) is 7.83. The van der Waals surface area contributed by atoms with Crippen molar-refractivity contribution >= 4 is 17.4 Å². The number of phenolic OH excluding ortho intramolecular Hbond substituents is 1. The summed E-state index contributed by atoms with van der Waals surface area (Å²) in [5.74, 6) is 2.82. The molecule has 0 amide bonds. The Hall–Kier alpha value is -2.24. The Bertz CT molecular complexity index is 1190. The first-order valence-corrected chi connectivity index (χ1v) is 13.1. The Morgan fingerprint density at radius 1 is 1.24 bits per heavy atom. The SMILES string of the molecule is C[N@+]1(CC2CC2)CC[C@]23c4c5c(OCc6ccc(Cl)cc6)cc(O)c4O[C@H]2C(=O)CC[C@H]3[C@H]1C5. The van der Waals surface area contributed by atoms with Crippen LogP contribution in [0.5, 0.6) is 17.2 Å². The number of hydrogen-bond donors (Lipinski definition) is 1. The Labute approximate surface area is 205 Å². The molecule has 0 radical (unpaired) electrons. The van der Waals surface area contributed by atoms with E-state index < -0.39 is 6.10 Å². The summed E-state index contributed by atoms with van der Waals surface area (Å²) >= 11 is 6.05. The van der Waals surface area contributed by atoms with E-state index >= 15 is 0 Å². The molecule has 1 spiro atoms. The molecule has 1 saturated heterocycles. The third kappa shape index (κ3) is 2.86. The molecule has 34 heavy (non-hydrogen) atoms. The predicted molar refractivity (Wildman–Crippen MR) is 128 cm³/mol. The second-order valence-corrected chi connectivity index (χ2v) is 11.9. The van der Waals surface area contributed by atoms with Gasteiger partial charge in [0.25, 0.3) is 0 Å². The molecular weight excluding hydrogens is 450 g/mol. The number of benzene rings is 2. The van der Waals surface area contributed by atoms with E-state index in [-0.39, 0.29) is 16.9 Å². The smallest absolute Gasteiger partial charge is 0.174 e. The van der Waals surface area contributed by atoms with Crippen molar-refractivity contribution < 1.29 is 23.9 Å². The van der Waals surface area contributed by atoms with Crippen molar-refractivity contribution in [3.63, 3.8) is 0 Å². The molecule has 5 atom stereocenters. The number of ether oxygens (including phenoxy) is 2. The van der Waals surface area contributed by atoms with Crippen molar-refractivity contribution in [2.45, 2.75) is 62.7 Å². The number of piperidine rings is 1. The van der Waals surface area contributed by atoms with Gasteiger partial charge in [-0.05, 0) is 37.0 Å². The highest BCUT2D eigenvalue weighted by Gasteiger charge is 2.69. The lowest BCUT2D eigenvalue weighted by atomic mass is 9.51. The number of halogens is 1. The van der Waals surface area contributed by atoms with Crippen molar-refractivity contribution in [2.75, 3.05) is 20.1 Å². The summed E-state index contributed by atoms with van der Waals surface area (Å²) in [5.41, 5.74) is 2.94. The zero-order valence-corrected chi connectivity index (χ0v) is 20.3. The minimum atomic E-state index is -0.463. The monoisotopic (exact) mass is 480 g/mol. The van der Waals surface area contributed by atoms with Crippen LogP contribution >= 0.6 is 11.6 Å². The Morgan fingerprint density at radius 2 is 2.03 bits per heavy atom. The van der Waals surface area contributed by atoms with Gasteiger partial charge in [0.2, 0.25) is 0 Å². The van der Waals surface area contributed by atoms with Crippen LogP contribution in [0, 0.1) is 11.8 Å². The number of carbonyl (C=O) groups excluding carboxylic acids is 1. The Kier molecular flexibility index (Phi) is 4.43. The van der Waals surface area contributed by atoms with E-state index in [4.69, 9.17) is 21.1 Å². The number of Topliss-reactive ketones (excluding diaryl/α,β-unsaturated/α-hetero) is 1. The topological polar surface area (TPSA) is 55.8 Å². The number of nitrogens with zero attached hydrogens (tertiary/aromatic N) is 1. The number of carbonyl (C=O) groups is 1. The lowest BCUT2D eigenvalue weighted by molar-refractivity contribution is -0.946. The van der Waals surface area contributed by atoms with Crippen molar-refractivity contribution in [1.29, 1.82) is 0 Å². The summed E-state index contributed by atoms with van der Waals surface area (Å²) < 4.78 is 13.8. The predicted octanol–water partition coefficient (Wildman–Crippen LogP) is 4.79. The average Bonchev–Trinajstić information content (AvgIpc) is 3.55. The highest BCUT2D eigenvalue weighted by atomic mass is 35.5. The van der Waals surface area contributed by atoms with Crippen molar-refractivity contribution in [3.8, 4) is 17.2 Å². The maximum atomic E-state index is 13.1. The van der Waals surface area contributed by atoms with Gasteiger partial charge in [0.05, 0.1) is 31.6 Å². The molecule has 2 heterocycles. The lowest BCUT2D eigenvalue weighted by Gasteiger charge is -2.60. The van der Waals surface area contributed by atoms with Gasteiger partial charge in [-0.25, -0.2) is 0 Å². The number of aromatic hydroxyl groups is 1. The van der Waals surface area contributed by atoms with Gasteiger partial charge in [-0.3, -0.25) is 4.79 Å². The van der Waals surface area contributed by atoms with E-state index in [9.17, 15) is 9.90 Å². The first-order chi connectivity index (χ1) is 16.4. The quantitative estimate of drug-likeness (QED) is 0.625. The van der Waals surface area contributed by atoms with Crippen LogP contribution in [0.3, 0.4) is 0 Å². The Morgan fingerprint density at radius 3 is 2.79 bits per heavy atom. The molecule has 2 bridgehead atoms. The van der Waals surface area contributed by atoms with Crippen LogP contribution in [0.4, 0.5) is 0 Å². The van der Waals surface area contributed by atoms with Crippen LogP contribution in [-0.4, -0.2) is 47.7 Å². The second kappa shape index (κ2) is 7.14. The number of likely N-dealkylation sites (tertiary alicyclic amines) is 1. The number of hydrogen-bond acceptors (Lipinski definition) is 4. The first-order valence-electron chi connectivity index (χ1n) is 12.7. The highest BCUT2D eigenvalue weighted by Crippen LogP contribution is 2.65. The van der Waals surface area contributed by atoms with Gasteiger partial charge in [0.1, 0.15) is 12.4 Å². The average molecular weight is 481 g/mol. The van der Waals surface area contributed by atoms with E-state index in [0.29, 0.717) is 35.8 Å². The summed E-state index contributed by atoms with van der Waals surface area (Å²) in [6.45, 7) is 2.71. The lowest BCUT2D eigenvalue weighted by Crippen LogP contribution is -2.72. The molecule has 2 saturated carbocycles. The molecule has 6 heteroatoms. The van der Waals surface area contributed by atoms with Gasteiger partial charge >= 0.3 is 0 Å². The minimum absolute atomic E-state index is 0.0967. The number of quaternary nitrogens is 1. The molecule has 0 unspecified atom stereocenters. The van der Waals surface area contributed by atoms with E-state index in [1.165, 1.54) is 19.4 Å². The number of rotatable bonds is 5. The third-order valence-corrected chi connectivity index (χ3v) is 9.80. The maximum absolute atomic E-state index is 13.1. The van der Waals surface area contributed by atoms with Gasteiger partial charge in [-0.1, -0.05) is 23.7 Å². The fourth-order valence-corrected chi connectivity index (χ4v) is 7.96. The molecule has 0 aromatic heterocycles. The number of likely N-dealkylation sites (N-methyl/N-ethyl adjacent to an activating group) is 1. The Balaban J connectivity index is 1.34. The summed E-state index contributed by atoms with van der Waals surface area (Å²) in [6, 6.07) is 9.83. The molecule has 1 N–H and O–H groups in total. The van der Waals surface area contributed by atoms with Gasteiger partial charge in [-0.15, -0.1) is 0 Å². The van der Waals surface area contributed by atoms with E-state index in [1.807, 2.05) is 24.3 Å². The van der Waals surface area contributed by atoms with Crippen LogP contribution in [0.2, 0.25) is 5.02 Å². The number of phenols is 1. The van der Waals surface area contributed by atoms with Gasteiger partial charge in [0.15, 0.2) is 23.4 Å². The summed E-state index contributed by atoms with van der Waals surface area (Å²) in [7, 11) is 2.44. The minimum Gasteiger partial charge on any atom is -0.504 e. The molecule has 2 aromatic carbocycles. The molecule has 3 aliphatic carbocycles. The highest BCUT2D eigenvalue weighted by molar-refractivity contribution is 6.30. The van der Waals surface area contributed by atoms with Crippen LogP contribution < -0.4 is 9.47 Å². The van der Waals surface area contributed by atoms with Crippen LogP contribution in [0.15, 0.2) is 30.3 Å². The molecule has 7 rings (SSSR count). The second-order valence-electron chi connectivity index (χ2n) is 11.5. The maximum Gasteiger partial charge on any atom is 0.174 e. The zero-order valence-electron chi connectivity index (χ0n) is 19.6. The molecule has 5 nitrogen and oxygen atoms in total. The molecule has 2 aromatic rings. The van der Waals surface area contributed by atoms with Gasteiger partial charge in [0, 0.05) is 53.3 Å². The molecule has 5 aliphatic rings.